The highest BCUT2D eigenvalue weighted by molar-refractivity contribution is 5.91. The second-order valence-electron chi connectivity index (χ2n) is 9.70. The minimum atomic E-state index is -0.130. The van der Waals surface area contributed by atoms with E-state index in [1.54, 1.807) is 19.4 Å². The summed E-state index contributed by atoms with van der Waals surface area (Å²) < 4.78 is 7.34. The fraction of sp³-hybridized carbons (Fsp3) is 0.370. The van der Waals surface area contributed by atoms with Crippen molar-refractivity contribution in [2.75, 3.05) is 38.1 Å². The zero-order valence-corrected chi connectivity index (χ0v) is 20.3. The van der Waals surface area contributed by atoms with E-state index < -0.39 is 0 Å². The molecule has 2 aliphatic rings. The topological polar surface area (TPSA) is 70.9 Å². The quantitative estimate of drug-likeness (QED) is 0.555. The van der Waals surface area contributed by atoms with Crippen molar-refractivity contribution in [2.24, 2.45) is 5.41 Å². The van der Waals surface area contributed by atoms with Gasteiger partial charge >= 0.3 is 6.03 Å². The lowest BCUT2D eigenvalue weighted by Gasteiger charge is -2.24. The molecule has 2 amide bonds. The fourth-order valence-corrected chi connectivity index (χ4v) is 5.10. The Morgan fingerprint density at radius 1 is 1.03 bits per heavy atom. The van der Waals surface area contributed by atoms with E-state index in [1.807, 2.05) is 47.4 Å². The molecular formula is C27H31N5O3. The van der Waals surface area contributed by atoms with Crippen molar-refractivity contribution in [2.45, 2.75) is 26.3 Å². The molecule has 1 atom stereocenters. The van der Waals surface area contributed by atoms with Crippen molar-refractivity contribution in [1.29, 1.82) is 0 Å². The van der Waals surface area contributed by atoms with Gasteiger partial charge in [0, 0.05) is 45.6 Å². The number of likely N-dealkylation sites (tertiary alicyclic amines) is 2. The number of rotatable bonds is 5. The van der Waals surface area contributed by atoms with Gasteiger partial charge in [-0.05, 0) is 49.2 Å². The molecule has 35 heavy (non-hydrogen) atoms. The molecule has 2 fully saturated rings. The summed E-state index contributed by atoms with van der Waals surface area (Å²) in [6.45, 7) is 5.80. The lowest BCUT2D eigenvalue weighted by Crippen LogP contribution is -2.36. The van der Waals surface area contributed by atoms with E-state index >= 15 is 0 Å². The standard InChI is InChI=1S/C27H31N5O3/c1-21(33)29(2)23-16-28-32(18-23)26(34)31-14-12-27(20-31)11-13-30(19-27)17-22-7-6-10-25(15-22)35-24-8-4-3-5-9-24/h3-10,15-16,18H,11-14,17,19-20H2,1-2H3. The maximum atomic E-state index is 13.0. The van der Waals surface area contributed by atoms with Gasteiger partial charge in [0.25, 0.3) is 0 Å². The first kappa shape index (κ1) is 23.1. The van der Waals surface area contributed by atoms with Gasteiger partial charge in [-0.3, -0.25) is 9.69 Å². The van der Waals surface area contributed by atoms with E-state index in [-0.39, 0.29) is 17.4 Å². The Bertz CT molecular complexity index is 1210. The number of ether oxygens (including phenoxy) is 1. The lowest BCUT2D eigenvalue weighted by molar-refractivity contribution is -0.116. The second kappa shape index (κ2) is 9.54. The summed E-state index contributed by atoms with van der Waals surface area (Å²) in [5, 5.41) is 4.20. The Labute approximate surface area is 205 Å². The van der Waals surface area contributed by atoms with Gasteiger partial charge in [0.05, 0.1) is 18.1 Å². The number of para-hydroxylation sites is 1. The third-order valence-electron chi connectivity index (χ3n) is 7.13. The zero-order chi connectivity index (χ0) is 24.4. The predicted molar refractivity (Wildman–Crippen MR) is 134 cm³/mol. The molecule has 1 aromatic heterocycles. The molecule has 0 N–H and O–H groups in total. The molecule has 2 saturated heterocycles. The maximum absolute atomic E-state index is 13.0. The lowest BCUT2D eigenvalue weighted by atomic mass is 9.86. The smallest absolute Gasteiger partial charge is 0.344 e. The zero-order valence-electron chi connectivity index (χ0n) is 20.3. The first-order valence-corrected chi connectivity index (χ1v) is 12.0. The summed E-state index contributed by atoms with van der Waals surface area (Å²) in [7, 11) is 1.68. The molecule has 3 aromatic rings. The van der Waals surface area contributed by atoms with Crippen LogP contribution in [-0.4, -0.2) is 64.7 Å². The van der Waals surface area contributed by atoms with Gasteiger partial charge in [0.1, 0.15) is 11.5 Å². The molecular weight excluding hydrogens is 442 g/mol. The minimum absolute atomic E-state index is 0.0969. The van der Waals surface area contributed by atoms with Crippen molar-refractivity contribution in [3.63, 3.8) is 0 Å². The van der Waals surface area contributed by atoms with Crippen molar-refractivity contribution in [3.05, 3.63) is 72.6 Å². The number of aromatic nitrogens is 2. The van der Waals surface area contributed by atoms with Crippen LogP contribution in [0.5, 0.6) is 11.5 Å². The summed E-state index contributed by atoms with van der Waals surface area (Å²) in [6, 6.07) is 18.0. The van der Waals surface area contributed by atoms with Gasteiger partial charge in [-0.25, -0.2) is 4.79 Å². The first-order valence-electron chi connectivity index (χ1n) is 12.0. The Morgan fingerprint density at radius 3 is 2.60 bits per heavy atom. The molecule has 2 aromatic carbocycles. The number of nitrogens with zero attached hydrogens (tertiary/aromatic N) is 5. The average molecular weight is 474 g/mol. The molecule has 0 aliphatic carbocycles. The van der Waals surface area contributed by atoms with E-state index in [9.17, 15) is 9.59 Å². The van der Waals surface area contributed by atoms with Gasteiger partial charge in [0.2, 0.25) is 5.91 Å². The molecule has 2 aliphatic heterocycles. The van der Waals surface area contributed by atoms with Gasteiger partial charge in [0.15, 0.2) is 0 Å². The molecule has 1 spiro atoms. The number of amides is 2. The second-order valence-corrected chi connectivity index (χ2v) is 9.70. The van der Waals surface area contributed by atoms with Crippen LogP contribution >= 0.6 is 0 Å². The predicted octanol–water partition coefficient (Wildman–Crippen LogP) is 4.22. The third kappa shape index (κ3) is 5.07. The molecule has 1 unspecified atom stereocenters. The monoisotopic (exact) mass is 473 g/mol. The summed E-state index contributed by atoms with van der Waals surface area (Å²) in [6.07, 6.45) is 5.25. The number of carbonyl (C=O) groups excluding carboxylic acids is 2. The Balaban J connectivity index is 1.18. The molecule has 0 saturated carbocycles. The first-order chi connectivity index (χ1) is 16.9. The van der Waals surface area contributed by atoms with Crippen LogP contribution in [0, 0.1) is 5.41 Å². The third-order valence-corrected chi connectivity index (χ3v) is 7.13. The van der Waals surface area contributed by atoms with Crippen LogP contribution in [0.1, 0.15) is 25.3 Å². The number of anilines is 1. The van der Waals surface area contributed by atoms with Crippen LogP contribution in [0.25, 0.3) is 0 Å². The van der Waals surface area contributed by atoms with E-state index in [0.717, 1.165) is 57.1 Å². The van der Waals surface area contributed by atoms with Crippen LogP contribution in [-0.2, 0) is 11.3 Å². The number of benzene rings is 2. The number of hydrogen-bond donors (Lipinski definition) is 0. The van der Waals surface area contributed by atoms with Crippen LogP contribution in [0.4, 0.5) is 10.5 Å². The summed E-state index contributed by atoms with van der Waals surface area (Å²) >= 11 is 0. The van der Waals surface area contributed by atoms with Crippen molar-refractivity contribution >= 4 is 17.6 Å². The highest BCUT2D eigenvalue weighted by atomic mass is 16.5. The van der Waals surface area contributed by atoms with E-state index in [0.29, 0.717) is 5.69 Å². The minimum Gasteiger partial charge on any atom is -0.457 e. The van der Waals surface area contributed by atoms with Gasteiger partial charge < -0.3 is 14.5 Å². The van der Waals surface area contributed by atoms with Crippen molar-refractivity contribution in [1.82, 2.24) is 19.6 Å². The molecule has 8 heteroatoms. The Kier molecular flexibility index (Phi) is 6.30. The summed E-state index contributed by atoms with van der Waals surface area (Å²) in [4.78, 5) is 30.5. The summed E-state index contributed by atoms with van der Waals surface area (Å²) in [5.74, 6) is 1.58. The van der Waals surface area contributed by atoms with E-state index in [4.69, 9.17) is 4.74 Å². The molecule has 3 heterocycles. The number of carbonyl (C=O) groups is 2. The molecule has 5 rings (SSSR count). The maximum Gasteiger partial charge on any atom is 0.344 e. The van der Waals surface area contributed by atoms with Gasteiger partial charge in [-0.1, -0.05) is 30.3 Å². The average Bonchev–Trinajstić information content (AvgIpc) is 3.60. The Morgan fingerprint density at radius 2 is 1.80 bits per heavy atom. The highest BCUT2D eigenvalue weighted by Gasteiger charge is 2.45. The van der Waals surface area contributed by atoms with Gasteiger partial charge in [-0.15, -0.1) is 0 Å². The van der Waals surface area contributed by atoms with Gasteiger partial charge in [-0.2, -0.15) is 9.78 Å². The normalized spacial score (nSPS) is 19.9. The van der Waals surface area contributed by atoms with Crippen molar-refractivity contribution in [3.8, 4) is 11.5 Å². The summed E-state index contributed by atoms with van der Waals surface area (Å²) in [5.41, 5.74) is 1.96. The SMILES string of the molecule is CC(=O)N(C)c1cnn(C(=O)N2CCC3(CCN(Cc4cccc(Oc5ccccc5)c4)C3)C2)c1. The van der Waals surface area contributed by atoms with Crippen LogP contribution < -0.4 is 9.64 Å². The van der Waals surface area contributed by atoms with Crippen LogP contribution in [0.3, 0.4) is 0 Å². The molecule has 0 radical (unpaired) electrons. The highest BCUT2D eigenvalue weighted by Crippen LogP contribution is 2.40. The van der Waals surface area contributed by atoms with E-state index in [2.05, 4.69) is 22.1 Å². The number of hydrogen-bond acceptors (Lipinski definition) is 5. The molecule has 8 nitrogen and oxygen atoms in total. The Hall–Kier alpha value is -3.65. The van der Waals surface area contributed by atoms with Crippen LogP contribution in [0.15, 0.2) is 67.0 Å². The fourth-order valence-electron chi connectivity index (χ4n) is 5.10. The molecule has 0 bridgehead atoms. The molecule has 182 valence electrons. The van der Waals surface area contributed by atoms with Crippen LogP contribution in [0.2, 0.25) is 0 Å². The van der Waals surface area contributed by atoms with E-state index in [1.165, 1.54) is 22.1 Å². The largest absolute Gasteiger partial charge is 0.457 e. The van der Waals surface area contributed by atoms with Crippen molar-refractivity contribution < 1.29 is 14.3 Å².